The number of anilines is 3. The third-order valence-corrected chi connectivity index (χ3v) is 7.24. The maximum absolute atomic E-state index is 13.5. The van der Waals surface area contributed by atoms with Crippen molar-refractivity contribution in [2.75, 3.05) is 10.6 Å². The van der Waals surface area contributed by atoms with Crippen LogP contribution in [0.15, 0.2) is 72.0 Å². The molecular formula is C23H17N7O3S. The molecular weight excluding hydrogens is 454 g/mol. The van der Waals surface area contributed by atoms with Gasteiger partial charge in [0.1, 0.15) is 4.90 Å². The van der Waals surface area contributed by atoms with Crippen LogP contribution < -0.4 is 10.6 Å². The molecule has 0 aliphatic carbocycles. The number of para-hydroxylation sites is 1. The van der Waals surface area contributed by atoms with Crippen molar-refractivity contribution in [2.45, 2.75) is 17.7 Å². The van der Waals surface area contributed by atoms with Gasteiger partial charge in [0, 0.05) is 35.6 Å². The fourth-order valence-electron chi connectivity index (χ4n) is 4.00. The van der Waals surface area contributed by atoms with E-state index in [-0.39, 0.29) is 22.4 Å². The predicted molar refractivity (Wildman–Crippen MR) is 126 cm³/mol. The Morgan fingerprint density at radius 2 is 1.85 bits per heavy atom. The van der Waals surface area contributed by atoms with Crippen LogP contribution in [-0.4, -0.2) is 38.5 Å². The summed E-state index contributed by atoms with van der Waals surface area (Å²) in [4.78, 5) is 24.6. The Morgan fingerprint density at radius 3 is 2.76 bits per heavy atom. The van der Waals surface area contributed by atoms with Gasteiger partial charge in [0.15, 0.2) is 5.65 Å². The molecule has 2 aromatic carbocycles. The Balaban J connectivity index is 1.40. The van der Waals surface area contributed by atoms with Crippen molar-refractivity contribution in [3.63, 3.8) is 0 Å². The Bertz CT molecular complexity index is 1710. The van der Waals surface area contributed by atoms with Gasteiger partial charge >= 0.3 is 0 Å². The standard InChI is InChI=1S/C23H17N7O3S/c31-20-9-6-15-11-17(7-8-18(15)28-20)27-23-25-12-16-13-26-30(22(16)29-23)34(32,33)19-5-1-3-14-4-2-10-24-21(14)19/h1-5,7-8,10-13H,6,9H2,(H,28,31)(H,25,27,29). The van der Waals surface area contributed by atoms with Crippen molar-refractivity contribution in [3.05, 3.63) is 72.7 Å². The number of rotatable bonds is 4. The molecule has 1 amide bonds. The third kappa shape index (κ3) is 3.33. The monoisotopic (exact) mass is 471 g/mol. The average molecular weight is 472 g/mol. The van der Waals surface area contributed by atoms with Gasteiger partial charge in [-0.3, -0.25) is 9.78 Å². The van der Waals surface area contributed by atoms with Gasteiger partial charge in [-0.15, -0.1) is 4.09 Å². The van der Waals surface area contributed by atoms with Crippen molar-refractivity contribution in [3.8, 4) is 0 Å². The number of aromatic nitrogens is 5. The van der Waals surface area contributed by atoms with Crippen molar-refractivity contribution in [1.82, 2.24) is 24.1 Å². The van der Waals surface area contributed by atoms with Gasteiger partial charge in [-0.05, 0) is 42.3 Å². The maximum Gasteiger partial charge on any atom is 0.287 e. The summed E-state index contributed by atoms with van der Waals surface area (Å²) in [6, 6.07) is 14.1. The van der Waals surface area contributed by atoms with Crippen LogP contribution in [-0.2, 0) is 21.2 Å². The molecule has 0 atom stereocenters. The van der Waals surface area contributed by atoms with E-state index in [0.717, 1.165) is 21.0 Å². The quantitative estimate of drug-likeness (QED) is 0.408. The Labute approximate surface area is 193 Å². The predicted octanol–water partition coefficient (Wildman–Crippen LogP) is 3.24. The molecule has 5 aromatic rings. The first kappa shape index (κ1) is 20.2. The molecule has 1 aliphatic rings. The molecule has 10 nitrogen and oxygen atoms in total. The molecule has 0 bridgehead atoms. The first-order valence-electron chi connectivity index (χ1n) is 10.5. The zero-order valence-electron chi connectivity index (χ0n) is 17.6. The van der Waals surface area contributed by atoms with Crippen LogP contribution in [0.5, 0.6) is 0 Å². The molecule has 3 aromatic heterocycles. The van der Waals surface area contributed by atoms with Gasteiger partial charge < -0.3 is 10.6 Å². The minimum absolute atomic E-state index is 0.00198. The van der Waals surface area contributed by atoms with Gasteiger partial charge in [0.25, 0.3) is 10.0 Å². The summed E-state index contributed by atoms with van der Waals surface area (Å²) in [6.07, 6.45) is 5.55. The molecule has 0 spiro atoms. The molecule has 6 rings (SSSR count). The molecule has 4 heterocycles. The second-order valence-electron chi connectivity index (χ2n) is 7.84. The summed E-state index contributed by atoms with van der Waals surface area (Å²) < 4.78 is 28.0. The summed E-state index contributed by atoms with van der Waals surface area (Å²) in [6.45, 7) is 0. The van der Waals surface area contributed by atoms with Crippen molar-refractivity contribution in [2.24, 2.45) is 0 Å². The van der Waals surface area contributed by atoms with E-state index in [1.54, 1.807) is 36.5 Å². The summed E-state index contributed by atoms with van der Waals surface area (Å²) in [7, 11) is -4.07. The van der Waals surface area contributed by atoms with E-state index in [0.29, 0.717) is 29.1 Å². The first-order valence-corrected chi connectivity index (χ1v) is 11.9. The SMILES string of the molecule is O=C1CCc2cc(Nc3ncc4cnn(S(=O)(=O)c5cccc6cccnc56)c4n3)ccc2N1. The molecule has 0 saturated carbocycles. The molecule has 0 unspecified atom stereocenters. The van der Waals surface area contributed by atoms with Crippen LogP contribution in [0.1, 0.15) is 12.0 Å². The number of hydrogen-bond donors (Lipinski definition) is 2. The summed E-state index contributed by atoms with van der Waals surface area (Å²) >= 11 is 0. The highest BCUT2D eigenvalue weighted by molar-refractivity contribution is 7.90. The van der Waals surface area contributed by atoms with E-state index in [9.17, 15) is 13.2 Å². The molecule has 0 radical (unpaired) electrons. The van der Waals surface area contributed by atoms with Crippen LogP contribution in [0.4, 0.5) is 17.3 Å². The number of hydrogen-bond acceptors (Lipinski definition) is 8. The van der Waals surface area contributed by atoms with Crippen molar-refractivity contribution >= 4 is 55.2 Å². The number of nitrogens with one attached hydrogen (secondary N) is 2. The molecule has 2 N–H and O–H groups in total. The minimum Gasteiger partial charge on any atom is -0.326 e. The van der Waals surface area contributed by atoms with E-state index in [1.165, 1.54) is 18.5 Å². The van der Waals surface area contributed by atoms with Crippen LogP contribution >= 0.6 is 0 Å². The number of carbonyl (C=O) groups excluding carboxylic acids is 1. The second-order valence-corrected chi connectivity index (χ2v) is 9.58. The van der Waals surface area contributed by atoms with Crippen molar-refractivity contribution < 1.29 is 13.2 Å². The number of benzene rings is 2. The molecule has 0 saturated heterocycles. The molecule has 11 heteroatoms. The minimum atomic E-state index is -4.07. The Hall–Kier alpha value is -4.38. The van der Waals surface area contributed by atoms with Gasteiger partial charge in [0.2, 0.25) is 11.9 Å². The highest BCUT2D eigenvalue weighted by Crippen LogP contribution is 2.28. The lowest BCUT2D eigenvalue weighted by Gasteiger charge is -2.17. The topological polar surface area (TPSA) is 132 Å². The van der Waals surface area contributed by atoms with E-state index in [4.69, 9.17) is 0 Å². The molecule has 1 aliphatic heterocycles. The fraction of sp³-hybridized carbons (Fsp3) is 0.0870. The average Bonchev–Trinajstić information content (AvgIpc) is 3.28. The Kier molecular flexibility index (Phi) is 4.52. The summed E-state index contributed by atoms with van der Waals surface area (Å²) in [5, 5.41) is 11.2. The summed E-state index contributed by atoms with van der Waals surface area (Å²) in [5.41, 5.74) is 3.02. The van der Waals surface area contributed by atoms with Gasteiger partial charge in [-0.1, -0.05) is 18.2 Å². The van der Waals surface area contributed by atoms with Crippen LogP contribution in [0.3, 0.4) is 0 Å². The number of pyridine rings is 1. The third-order valence-electron chi connectivity index (χ3n) is 5.64. The molecule has 0 fully saturated rings. The normalized spacial score (nSPS) is 13.6. The number of carbonyl (C=O) groups is 1. The second kappa shape index (κ2) is 7.59. The van der Waals surface area contributed by atoms with E-state index in [2.05, 4.69) is 30.7 Å². The van der Waals surface area contributed by atoms with Crippen LogP contribution in [0.2, 0.25) is 0 Å². The first-order chi connectivity index (χ1) is 16.5. The van der Waals surface area contributed by atoms with Crippen LogP contribution in [0, 0.1) is 0 Å². The molecule has 168 valence electrons. The van der Waals surface area contributed by atoms with Crippen LogP contribution in [0.25, 0.3) is 21.9 Å². The fourth-order valence-corrected chi connectivity index (χ4v) is 5.40. The number of nitrogens with zero attached hydrogens (tertiary/aromatic N) is 5. The number of fused-ring (bicyclic) bond motifs is 3. The maximum atomic E-state index is 13.5. The highest BCUT2D eigenvalue weighted by Gasteiger charge is 2.25. The van der Waals surface area contributed by atoms with Gasteiger partial charge in [-0.2, -0.15) is 18.5 Å². The lowest BCUT2D eigenvalue weighted by Crippen LogP contribution is -2.18. The van der Waals surface area contributed by atoms with Crippen molar-refractivity contribution in [1.29, 1.82) is 0 Å². The number of amides is 1. The smallest absolute Gasteiger partial charge is 0.287 e. The van der Waals surface area contributed by atoms with Gasteiger partial charge in [-0.25, -0.2) is 4.98 Å². The van der Waals surface area contributed by atoms with E-state index >= 15 is 0 Å². The lowest BCUT2D eigenvalue weighted by atomic mass is 10.0. The zero-order chi connectivity index (χ0) is 23.3. The number of aryl methyl sites for hydroxylation is 1. The zero-order valence-corrected chi connectivity index (χ0v) is 18.5. The lowest BCUT2D eigenvalue weighted by molar-refractivity contribution is -0.116. The summed E-state index contributed by atoms with van der Waals surface area (Å²) in [5.74, 6) is 0.221. The van der Waals surface area contributed by atoms with E-state index < -0.39 is 10.0 Å². The largest absolute Gasteiger partial charge is 0.326 e. The van der Waals surface area contributed by atoms with Gasteiger partial charge in [0.05, 0.1) is 17.1 Å². The molecule has 34 heavy (non-hydrogen) atoms. The van der Waals surface area contributed by atoms with E-state index in [1.807, 2.05) is 12.1 Å². The Morgan fingerprint density at radius 1 is 0.971 bits per heavy atom. The highest BCUT2D eigenvalue weighted by atomic mass is 32.2.